The van der Waals surface area contributed by atoms with Crippen molar-refractivity contribution in [1.29, 1.82) is 0 Å². The third kappa shape index (κ3) is 5.12. The Morgan fingerprint density at radius 1 is 1.26 bits per heavy atom. The molecule has 1 rings (SSSR count). The van der Waals surface area contributed by atoms with Crippen molar-refractivity contribution >= 4 is 22.3 Å². The largest absolute Gasteiger partial charge is 0.237 e. The summed E-state index contributed by atoms with van der Waals surface area (Å²) in [4.78, 5) is 0. The van der Waals surface area contributed by atoms with E-state index in [-0.39, 0.29) is 11.5 Å². The molecule has 4 nitrogen and oxygen atoms in total. The average Bonchev–Trinajstić information content (AvgIpc) is 2.78. The van der Waals surface area contributed by atoms with Gasteiger partial charge in [-0.3, -0.25) is 0 Å². The van der Waals surface area contributed by atoms with Gasteiger partial charge in [-0.1, -0.05) is 19.9 Å². The summed E-state index contributed by atoms with van der Waals surface area (Å²) in [7, 11) is -1.26. The van der Waals surface area contributed by atoms with Crippen LogP contribution in [0.1, 0.15) is 41.5 Å². The lowest BCUT2D eigenvalue weighted by molar-refractivity contribution is 0.296. The van der Waals surface area contributed by atoms with Crippen molar-refractivity contribution in [2.45, 2.75) is 57.0 Å². The maximum atomic E-state index is 12.3. The van der Waals surface area contributed by atoms with Gasteiger partial charge in [0.25, 0.3) is 0 Å². The summed E-state index contributed by atoms with van der Waals surface area (Å²) in [6.45, 7) is 12.0. The molecule has 0 saturated carbocycles. The molecule has 0 aromatic carbocycles. The lowest BCUT2D eigenvalue weighted by Crippen LogP contribution is -2.46. The first-order chi connectivity index (χ1) is 8.64. The zero-order valence-electron chi connectivity index (χ0n) is 12.4. The summed E-state index contributed by atoms with van der Waals surface area (Å²) in [5.74, 6) is 0.183. The molecule has 1 aromatic heterocycles. The van der Waals surface area contributed by atoms with Gasteiger partial charge in [-0.2, -0.15) is 10.2 Å². The second-order valence-corrected chi connectivity index (χ2v) is 8.36. The lowest BCUT2D eigenvalue weighted by atomic mass is 10.0. The fraction of sp³-hybridized carbons (Fsp3) is 0.692. The maximum Gasteiger partial charge on any atom is 0.142 e. The van der Waals surface area contributed by atoms with Gasteiger partial charge < -0.3 is 0 Å². The smallest absolute Gasteiger partial charge is 0.142 e. The molecule has 0 aliphatic heterocycles. The highest BCUT2D eigenvalue weighted by Gasteiger charge is 2.31. The van der Waals surface area contributed by atoms with Crippen LogP contribution in [-0.2, 0) is 11.0 Å². The summed E-state index contributed by atoms with van der Waals surface area (Å²) in [6, 6.07) is 3.75. The summed E-state index contributed by atoms with van der Waals surface area (Å²) < 4.78 is 16.2. The number of hydrogen-bond donors (Lipinski definition) is 1. The number of azo groups is 1. The number of thiophene rings is 1. The minimum atomic E-state index is -1.26. The molecular formula is C13H23N3OS2. The van der Waals surface area contributed by atoms with Crippen molar-refractivity contribution in [3.63, 3.8) is 0 Å². The molecule has 0 spiro atoms. The molecule has 0 radical (unpaired) electrons. The fourth-order valence-electron chi connectivity index (χ4n) is 1.11. The molecule has 108 valence electrons. The Kier molecular flexibility index (Phi) is 5.41. The molecule has 1 aromatic rings. The molecule has 0 fully saturated rings. The molecule has 0 saturated heterocycles. The molecular weight excluding hydrogens is 278 g/mol. The van der Waals surface area contributed by atoms with E-state index in [1.54, 1.807) is 0 Å². The number of nitrogens with zero attached hydrogens (tertiary/aromatic N) is 2. The quantitative estimate of drug-likeness (QED) is 0.822. The van der Waals surface area contributed by atoms with E-state index in [1.807, 2.05) is 59.1 Å². The Labute approximate surface area is 122 Å². The zero-order chi connectivity index (χ0) is 14.7. The minimum absolute atomic E-state index is 0.183. The van der Waals surface area contributed by atoms with Gasteiger partial charge in [0.1, 0.15) is 20.9 Å². The van der Waals surface area contributed by atoms with E-state index >= 15 is 0 Å². The highest BCUT2D eigenvalue weighted by molar-refractivity contribution is 7.85. The van der Waals surface area contributed by atoms with Gasteiger partial charge in [-0.15, -0.1) is 11.3 Å². The molecule has 0 aliphatic carbocycles. The second-order valence-electron chi connectivity index (χ2n) is 5.98. The molecule has 0 bridgehead atoms. The van der Waals surface area contributed by atoms with Gasteiger partial charge in [0, 0.05) is 0 Å². The summed E-state index contributed by atoms with van der Waals surface area (Å²) >= 11 is 1.47. The van der Waals surface area contributed by atoms with Crippen LogP contribution in [-0.4, -0.2) is 15.4 Å². The summed E-state index contributed by atoms with van der Waals surface area (Å²) in [5.41, 5.74) is -0.871. The van der Waals surface area contributed by atoms with Gasteiger partial charge in [0.2, 0.25) is 0 Å². The topological polar surface area (TPSA) is 53.8 Å². The highest BCUT2D eigenvalue weighted by Crippen LogP contribution is 2.24. The first-order valence-corrected chi connectivity index (χ1v) is 8.34. The standard InChI is InChI=1S/C13H23N3OS2/c1-10(2)13(6,15-14-12(3,4)5)16-19(17)11-8-7-9-18-11/h7-10,16H,1-6H3. The van der Waals surface area contributed by atoms with E-state index < -0.39 is 16.6 Å². The van der Waals surface area contributed by atoms with Crippen molar-refractivity contribution in [3.05, 3.63) is 17.5 Å². The maximum absolute atomic E-state index is 12.3. The van der Waals surface area contributed by atoms with Gasteiger partial charge in [-0.25, -0.2) is 8.93 Å². The van der Waals surface area contributed by atoms with Crippen LogP contribution in [0.2, 0.25) is 0 Å². The zero-order valence-corrected chi connectivity index (χ0v) is 14.1. The SMILES string of the molecule is CC(C)C(C)(N=NC(C)(C)C)NS(=O)c1cccs1. The van der Waals surface area contributed by atoms with Crippen molar-refractivity contribution in [3.8, 4) is 0 Å². The Hall–Kier alpha value is -0.590. The number of rotatable bonds is 5. The molecule has 1 N–H and O–H groups in total. The second kappa shape index (κ2) is 6.24. The Balaban J connectivity index is 2.89. The van der Waals surface area contributed by atoms with Gasteiger partial charge in [-0.05, 0) is 45.1 Å². The first kappa shape index (κ1) is 16.5. The predicted octanol–water partition coefficient (Wildman–Crippen LogP) is 3.98. The first-order valence-electron chi connectivity index (χ1n) is 6.31. The molecule has 1 heterocycles. The Bertz CT molecular complexity index is 449. The van der Waals surface area contributed by atoms with Crippen LogP contribution < -0.4 is 4.72 Å². The van der Waals surface area contributed by atoms with Crippen LogP contribution in [0.5, 0.6) is 0 Å². The third-order valence-corrected chi connectivity index (χ3v) is 5.16. The highest BCUT2D eigenvalue weighted by atomic mass is 32.2. The van der Waals surface area contributed by atoms with Crippen LogP contribution in [0.4, 0.5) is 0 Å². The van der Waals surface area contributed by atoms with E-state index in [2.05, 4.69) is 15.0 Å². The molecule has 6 heteroatoms. The lowest BCUT2D eigenvalue weighted by Gasteiger charge is -2.29. The van der Waals surface area contributed by atoms with Crippen LogP contribution in [0.15, 0.2) is 32.0 Å². The Morgan fingerprint density at radius 2 is 1.89 bits per heavy atom. The van der Waals surface area contributed by atoms with Crippen molar-refractivity contribution in [2.75, 3.05) is 0 Å². The van der Waals surface area contributed by atoms with Crippen molar-refractivity contribution in [2.24, 2.45) is 16.1 Å². The van der Waals surface area contributed by atoms with Crippen LogP contribution in [0.25, 0.3) is 0 Å². The van der Waals surface area contributed by atoms with Crippen molar-refractivity contribution in [1.82, 2.24) is 4.72 Å². The fourth-order valence-corrected chi connectivity index (χ4v) is 3.16. The summed E-state index contributed by atoms with van der Waals surface area (Å²) in [5, 5.41) is 10.6. The van der Waals surface area contributed by atoms with Crippen LogP contribution in [0.3, 0.4) is 0 Å². The van der Waals surface area contributed by atoms with Gasteiger partial charge >= 0.3 is 0 Å². The van der Waals surface area contributed by atoms with Gasteiger partial charge in [0.05, 0.1) is 5.54 Å². The van der Waals surface area contributed by atoms with Crippen LogP contribution >= 0.6 is 11.3 Å². The molecule has 2 atom stereocenters. The minimum Gasteiger partial charge on any atom is -0.237 e. The van der Waals surface area contributed by atoms with E-state index in [1.165, 1.54) is 11.3 Å². The number of hydrogen-bond acceptors (Lipinski definition) is 4. The van der Waals surface area contributed by atoms with Gasteiger partial charge in [0.15, 0.2) is 0 Å². The van der Waals surface area contributed by atoms with E-state index in [0.29, 0.717) is 0 Å². The normalized spacial score (nSPS) is 17.8. The summed E-state index contributed by atoms with van der Waals surface area (Å²) in [6.07, 6.45) is 0. The average molecular weight is 301 g/mol. The van der Waals surface area contributed by atoms with E-state index in [0.717, 1.165) is 4.21 Å². The van der Waals surface area contributed by atoms with Crippen LogP contribution in [0, 0.1) is 5.92 Å². The molecule has 2 unspecified atom stereocenters. The van der Waals surface area contributed by atoms with Crippen molar-refractivity contribution < 1.29 is 4.21 Å². The third-order valence-electron chi connectivity index (χ3n) is 2.66. The Morgan fingerprint density at radius 3 is 2.32 bits per heavy atom. The molecule has 0 amide bonds. The molecule has 19 heavy (non-hydrogen) atoms. The van der Waals surface area contributed by atoms with E-state index in [9.17, 15) is 4.21 Å². The van der Waals surface area contributed by atoms with E-state index in [4.69, 9.17) is 0 Å². The molecule has 0 aliphatic rings. The number of nitrogens with one attached hydrogen (secondary N) is 1. The monoisotopic (exact) mass is 301 g/mol. The predicted molar refractivity (Wildman–Crippen MR) is 81.7 cm³/mol.